The first-order valence-corrected chi connectivity index (χ1v) is 11.1. The van der Waals surface area contributed by atoms with E-state index in [2.05, 4.69) is 0 Å². The van der Waals surface area contributed by atoms with Crippen LogP contribution in [0.1, 0.15) is 16.7 Å². The molecule has 3 nitrogen and oxygen atoms in total. The molecule has 0 saturated heterocycles. The predicted molar refractivity (Wildman–Crippen MR) is 110 cm³/mol. The molecule has 3 rings (SSSR count). The zero-order valence-electron chi connectivity index (χ0n) is 15.1. The molecular formula is C22H20O3S2. The van der Waals surface area contributed by atoms with Crippen molar-refractivity contribution in [1.82, 2.24) is 0 Å². The molecule has 5 heteroatoms. The number of hydrogen-bond acceptors (Lipinski definition) is 3. The van der Waals surface area contributed by atoms with Crippen LogP contribution in [0.2, 0.25) is 0 Å². The second-order valence-corrected chi connectivity index (χ2v) is 9.54. The number of aryl methyl sites for hydroxylation is 2. The molecule has 0 spiro atoms. The fourth-order valence-corrected chi connectivity index (χ4v) is 5.68. The topological polar surface area (TPSA) is 51.2 Å². The van der Waals surface area contributed by atoms with Gasteiger partial charge in [0.25, 0.3) is 0 Å². The fraction of sp³-hybridized carbons (Fsp3) is 0.0909. The monoisotopic (exact) mass is 396 g/mol. The standard InChI is InChI=1S/C22H20O3S2/c1-17-8-6-12-20(14-17)26(23)22(19-10-4-3-5-11-19)16-27(24,25)21-13-7-9-18(2)15-21/h3-16H,1-2H3. The molecular weight excluding hydrogens is 376 g/mol. The van der Waals surface area contributed by atoms with E-state index in [0.29, 0.717) is 10.5 Å². The zero-order valence-corrected chi connectivity index (χ0v) is 16.8. The molecule has 0 aliphatic carbocycles. The van der Waals surface area contributed by atoms with Gasteiger partial charge in [0.2, 0.25) is 9.84 Å². The van der Waals surface area contributed by atoms with E-state index >= 15 is 0 Å². The summed E-state index contributed by atoms with van der Waals surface area (Å²) in [7, 11) is -5.37. The lowest BCUT2D eigenvalue weighted by atomic mass is 10.2. The Balaban J connectivity index is 2.16. The molecule has 27 heavy (non-hydrogen) atoms. The van der Waals surface area contributed by atoms with Crippen LogP contribution in [-0.4, -0.2) is 12.6 Å². The first kappa shape index (κ1) is 19.3. The Kier molecular flexibility index (Phi) is 5.73. The maximum Gasteiger partial charge on any atom is 0.201 e. The SMILES string of the molecule is Cc1cccc(S(=O)C(=CS(=O)(=O)c2cccc(C)c2)c2ccccc2)c1. The van der Waals surface area contributed by atoms with Gasteiger partial charge in [0.15, 0.2) is 0 Å². The summed E-state index contributed by atoms with van der Waals surface area (Å²) < 4.78 is 39.2. The normalized spacial score (nSPS) is 13.3. The maximum atomic E-state index is 13.3. The van der Waals surface area contributed by atoms with Gasteiger partial charge in [0.05, 0.1) is 26.0 Å². The van der Waals surface area contributed by atoms with E-state index in [1.807, 2.05) is 44.2 Å². The van der Waals surface area contributed by atoms with Gasteiger partial charge in [-0.1, -0.05) is 54.6 Å². The Morgan fingerprint density at radius 2 is 1.44 bits per heavy atom. The third-order valence-electron chi connectivity index (χ3n) is 4.04. The molecule has 0 aromatic heterocycles. The number of benzene rings is 3. The van der Waals surface area contributed by atoms with Crippen molar-refractivity contribution in [2.45, 2.75) is 23.6 Å². The van der Waals surface area contributed by atoms with Gasteiger partial charge in [-0.2, -0.15) is 0 Å². The zero-order chi connectivity index (χ0) is 19.4. The van der Waals surface area contributed by atoms with Crippen LogP contribution in [0.3, 0.4) is 0 Å². The lowest BCUT2D eigenvalue weighted by molar-refractivity contribution is 0.604. The molecule has 0 aliphatic heterocycles. The van der Waals surface area contributed by atoms with Crippen molar-refractivity contribution in [2.24, 2.45) is 0 Å². The highest BCUT2D eigenvalue weighted by Gasteiger charge is 2.19. The third kappa shape index (κ3) is 4.62. The second kappa shape index (κ2) is 8.03. The van der Waals surface area contributed by atoms with Crippen molar-refractivity contribution < 1.29 is 12.6 Å². The van der Waals surface area contributed by atoms with Crippen molar-refractivity contribution in [3.05, 3.63) is 101 Å². The molecule has 1 atom stereocenters. The van der Waals surface area contributed by atoms with Crippen LogP contribution in [0.25, 0.3) is 4.91 Å². The number of rotatable bonds is 5. The third-order valence-corrected chi connectivity index (χ3v) is 7.08. The summed E-state index contributed by atoms with van der Waals surface area (Å²) in [6.07, 6.45) is 0. The largest absolute Gasteiger partial charge is 0.249 e. The highest BCUT2D eigenvalue weighted by Crippen LogP contribution is 2.28. The van der Waals surface area contributed by atoms with Gasteiger partial charge in [-0.3, -0.25) is 0 Å². The molecule has 0 bridgehead atoms. The summed E-state index contributed by atoms with van der Waals surface area (Å²) in [6.45, 7) is 3.75. The molecule has 0 radical (unpaired) electrons. The lowest BCUT2D eigenvalue weighted by Crippen LogP contribution is -2.03. The maximum absolute atomic E-state index is 13.3. The van der Waals surface area contributed by atoms with Gasteiger partial charge in [0.1, 0.15) is 0 Å². The van der Waals surface area contributed by atoms with Gasteiger partial charge in [-0.05, 0) is 54.8 Å². The highest BCUT2D eigenvalue weighted by molar-refractivity contribution is 7.99. The minimum Gasteiger partial charge on any atom is -0.249 e. The molecule has 0 aliphatic rings. The Morgan fingerprint density at radius 1 is 0.815 bits per heavy atom. The van der Waals surface area contributed by atoms with Crippen LogP contribution >= 0.6 is 0 Å². The Hall–Kier alpha value is -2.50. The Morgan fingerprint density at radius 3 is 2.07 bits per heavy atom. The highest BCUT2D eigenvalue weighted by atomic mass is 32.2. The summed E-state index contributed by atoms with van der Waals surface area (Å²) in [6, 6.07) is 23.0. The molecule has 0 saturated carbocycles. The van der Waals surface area contributed by atoms with Crippen molar-refractivity contribution in [1.29, 1.82) is 0 Å². The van der Waals surface area contributed by atoms with E-state index in [1.54, 1.807) is 48.5 Å². The minimum absolute atomic E-state index is 0.192. The molecule has 138 valence electrons. The first-order valence-electron chi connectivity index (χ1n) is 8.44. The van der Waals surface area contributed by atoms with Crippen LogP contribution in [0.4, 0.5) is 0 Å². The first-order chi connectivity index (χ1) is 12.9. The van der Waals surface area contributed by atoms with Crippen molar-refractivity contribution >= 4 is 25.5 Å². The van der Waals surface area contributed by atoms with Crippen LogP contribution in [0, 0.1) is 13.8 Å². The van der Waals surface area contributed by atoms with Crippen LogP contribution in [0.5, 0.6) is 0 Å². The van der Waals surface area contributed by atoms with E-state index in [1.165, 1.54) is 0 Å². The average molecular weight is 397 g/mol. The molecule has 0 fully saturated rings. The summed E-state index contributed by atoms with van der Waals surface area (Å²) in [5, 5.41) is 1.13. The fourth-order valence-electron chi connectivity index (χ4n) is 2.68. The van der Waals surface area contributed by atoms with E-state index in [-0.39, 0.29) is 9.80 Å². The van der Waals surface area contributed by atoms with Crippen molar-refractivity contribution in [3.63, 3.8) is 0 Å². The minimum atomic E-state index is -3.75. The van der Waals surface area contributed by atoms with Gasteiger partial charge >= 0.3 is 0 Å². The van der Waals surface area contributed by atoms with E-state index in [9.17, 15) is 12.6 Å². The average Bonchev–Trinajstić information content (AvgIpc) is 2.66. The molecule has 0 N–H and O–H groups in total. The molecule has 0 heterocycles. The summed E-state index contributed by atoms with van der Waals surface area (Å²) in [4.78, 5) is 1.03. The number of sulfone groups is 1. The smallest absolute Gasteiger partial charge is 0.201 e. The summed E-state index contributed by atoms with van der Waals surface area (Å²) in [5.41, 5.74) is 2.44. The summed E-state index contributed by atoms with van der Waals surface area (Å²) >= 11 is 0. The van der Waals surface area contributed by atoms with E-state index in [4.69, 9.17) is 0 Å². The second-order valence-electron chi connectivity index (χ2n) is 6.29. The Bertz CT molecular complexity index is 1120. The van der Waals surface area contributed by atoms with Crippen LogP contribution < -0.4 is 0 Å². The molecule has 0 amide bonds. The molecule has 3 aromatic rings. The van der Waals surface area contributed by atoms with Crippen molar-refractivity contribution in [2.75, 3.05) is 0 Å². The quantitative estimate of drug-likeness (QED) is 0.617. The summed E-state index contributed by atoms with van der Waals surface area (Å²) in [5.74, 6) is 0. The molecule has 1 unspecified atom stereocenters. The molecule has 3 aromatic carbocycles. The van der Waals surface area contributed by atoms with Gasteiger partial charge in [0, 0.05) is 4.90 Å². The lowest BCUT2D eigenvalue weighted by Gasteiger charge is -2.10. The van der Waals surface area contributed by atoms with Crippen LogP contribution in [0.15, 0.2) is 94.1 Å². The van der Waals surface area contributed by atoms with Crippen molar-refractivity contribution in [3.8, 4) is 0 Å². The number of hydrogen-bond donors (Lipinski definition) is 0. The van der Waals surface area contributed by atoms with Crippen LogP contribution in [-0.2, 0) is 20.6 Å². The predicted octanol–water partition coefficient (Wildman–Crippen LogP) is 4.88. The van der Waals surface area contributed by atoms with Gasteiger partial charge in [-0.25, -0.2) is 12.6 Å². The van der Waals surface area contributed by atoms with E-state index in [0.717, 1.165) is 16.5 Å². The van der Waals surface area contributed by atoms with Gasteiger partial charge in [-0.15, -0.1) is 0 Å². The Labute approximate surface area is 162 Å². The van der Waals surface area contributed by atoms with E-state index < -0.39 is 20.6 Å². The van der Waals surface area contributed by atoms with Gasteiger partial charge < -0.3 is 0 Å².